The number of hydrogen-bond acceptors (Lipinski definition) is 2. The van der Waals surface area contributed by atoms with Crippen LogP contribution < -0.4 is 0 Å². The van der Waals surface area contributed by atoms with E-state index >= 15 is 0 Å². The highest BCUT2D eigenvalue weighted by Gasteiger charge is 2.17. The summed E-state index contributed by atoms with van der Waals surface area (Å²) >= 11 is 3.29. The van der Waals surface area contributed by atoms with Gasteiger partial charge in [-0.1, -0.05) is 23.8 Å². The molecule has 16 heavy (non-hydrogen) atoms. The number of hydrogen-bond donors (Lipinski definition) is 0. The van der Waals surface area contributed by atoms with Crippen molar-refractivity contribution in [3.8, 4) is 0 Å². The molecule has 0 aliphatic carbocycles. The molecule has 0 aliphatic rings. The van der Waals surface area contributed by atoms with Gasteiger partial charge in [-0.15, -0.1) is 0 Å². The van der Waals surface area contributed by atoms with E-state index in [4.69, 9.17) is 4.42 Å². The maximum Gasteiger partial charge on any atom is 0.229 e. The fourth-order valence-electron chi connectivity index (χ4n) is 1.65. The van der Waals surface area contributed by atoms with Crippen molar-refractivity contribution in [2.75, 3.05) is 0 Å². The molecule has 0 atom stereocenters. The molecule has 3 heteroatoms. The van der Waals surface area contributed by atoms with Gasteiger partial charge in [0, 0.05) is 5.56 Å². The zero-order chi connectivity index (χ0) is 11.7. The SMILES string of the molecule is Cc1ccc(C(=O)c2occc2Br)c(C)c1. The fourth-order valence-corrected chi connectivity index (χ4v) is 2.03. The molecule has 0 saturated heterocycles. The Balaban J connectivity index is 2.46. The Labute approximate surface area is 102 Å². The zero-order valence-electron chi connectivity index (χ0n) is 9.08. The molecule has 0 spiro atoms. The number of aryl methyl sites for hydroxylation is 2. The number of carbonyl (C=O) groups is 1. The number of rotatable bonds is 2. The van der Waals surface area contributed by atoms with Gasteiger partial charge in [0.15, 0.2) is 5.76 Å². The molecular weight excluding hydrogens is 268 g/mol. The molecule has 1 heterocycles. The molecule has 2 rings (SSSR count). The molecule has 1 aromatic heterocycles. The average Bonchev–Trinajstić information content (AvgIpc) is 2.63. The molecule has 1 aromatic carbocycles. The molecule has 0 unspecified atom stereocenters. The minimum absolute atomic E-state index is 0.0885. The van der Waals surface area contributed by atoms with Crippen LogP contribution in [0.25, 0.3) is 0 Å². The number of ketones is 1. The van der Waals surface area contributed by atoms with Crippen molar-refractivity contribution in [3.63, 3.8) is 0 Å². The van der Waals surface area contributed by atoms with Gasteiger partial charge in [-0.3, -0.25) is 4.79 Å². The van der Waals surface area contributed by atoms with Crippen molar-refractivity contribution in [3.05, 3.63) is 57.5 Å². The highest BCUT2D eigenvalue weighted by molar-refractivity contribution is 9.10. The molecule has 0 radical (unpaired) electrons. The van der Waals surface area contributed by atoms with Gasteiger partial charge in [-0.2, -0.15) is 0 Å². The van der Waals surface area contributed by atoms with Crippen molar-refractivity contribution < 1.29 is 9.21 Å². The largest absolute Gasteiger partial charge is 0.460 e. The molecule has 0 bridgehead atoms. The number of carbonyl (C=O) groups excluding carboxylic acids is 1. The van der Waals surface area contributed by atoms with Gasteiger partial charge < -0.3 is 4.42 Å². The van der Waals surface area contributed by atoms with Crippen LogP contribution in [0.5, 0.6) is 0 Å². The van der Waals surface area contributed by atoms with E-state index in [1.807, 2.05) is 32.0 Å². The van der Waals surface area contributed by atoms with E-state index < -0.39 is 0 Å². The summed E-state index contributed by atoms with van der Waals surface area (Å²) in [6.45, 7) is 3.93. The number of benzene rings is 1. The van der Waals surface area contributed by atoms with E-state index in [-0.39, 0.29) is 5.78 Å². The zero-order valence-corrected chi connectivity index (χ0v) is 10.7. The topological polar surface area (TPSA) is 30.2 Å². The molecular formula is C13H11BrO2. The van der Waals surface area contributed by atoms with E-state index in [0.29, 0.717) is 15.8 Å². The summed E-state index contributed by atoms with van der Waals surface area (Å²) in [7, 11) is 0. The van der Waals surface area contributed by atoms with Crippen LogP contribution in [0.3, 0.4) is 0 Å². The van der Waals surface area contributed by atoms with E-state index in [0.717, 1.165) is 11.1 Å². The quantitative estimate of drug-likeness (QED) is 0.781. The first kappa shape index (κ1) is 11.1. The lowest BCUT2D eigenvalue weighted by Gasteiger charge is -2.04. The molecule has 2 aromatic rings. The Morgan fingerprint density at radius 1 is 1.25 bits per heavy atom. The molecule has 2 nitrogen and oxygen atoms in total. The van der Waals surface area contributed by atoms with Crippen LogP contribution >= 0.6 is 15.9 Å². The minimum atomic E-state index is -0.0885. The lowest BCUT2D eigenvalue weighted by Crippen LogP contribution is -2.03. The first-order valence-corrected chi connectivity index (χ1v) is 5.74. The van der Waals surface area contributed by atoms with Crippen LogP contribution in [-0.4, -0.2) is 5.78 Å². The van der Waals surface area contributed by atoms with Crippen LogP contribution in [0.1, 0.15) is 27.2 Å². The number of halogens is 1. The van der Waals surface area contributed by atoms with Gasteiger partial charge in [0.2, 0.25) is 5.78 Å². The third-order valence-electron chi connectivity index (χ3n) is 2.45. The van der Waals surface area contributed by atoms with Crippen molar-refractivity contribution >= 4 is 21.7 Å². The molecule has 0 amide bonds. The van der Waals surface area contributed by atoms with Crippen LogP contribution in [0.15, 0.2) is 39.4 Å². The van der Waals surface area contributed by atoms with E-state index in [9.17, 15) is 4.79 Å². The first-order valence-electron chi connectivity index (χ1n) is 4.94. The van der Waals surface area contributed by atoms with Gasteiger partial charge in [0.25, 0.3) is 0 Å². The van der Waals surface area contributed by atoms with Gasteiger partial charge in [-0.25, -0.2) is 0 Å². The van der Waals surface area contributed by atoms with Gasteiger partial charge >= 0.3 is 0 Å². The van der Waals surface area contributed by atoms with Crippen LogP contribution in [0, 0.1) is 13.8 Å². The molecule has 0 saturated carbocycles. The van der Waals surface area contributed by atoms with Crippen molar-refractivity contribution in [2.24, 2.45) is 0 Å². The average molecular weight is 279 g/mol. The fraction of sp³-hybridized carbons (Fsp3) is 0.154. The predicted octanol–water partition coefficient (Wildman–Crippen LogP) is 3.89. The molecule has 0 aliphatic heterocycles. The third-order valence-corrected chi connectivity index (χ3v) is 3.07. The first-order chi connectivity index (χ1) is 7.59. The second-order valence-corrected chi connectivity index (χ2v) is 4.60. The minimum Gasteiger partial charge on any atom is -0.460 e. The Morgan fingerprint density at radius 2 is 2.00 bits per heavy atom. The summed E-state index contributed by atoms with van der Waals surface area (Å²) in [6.07, 6.45) is 1.50. The Hall–Kier alpha value is -1.35. The smallest absolute Gasteiger partial charge is 0.229 e. The third kappa shape index (κ3) is 1.95. The van der Waals surface area contributed by atoms with Crippen LogP contribution in [0.2, 0.25) is 0 Å². The van der Waals surface area contributed by atoms with E-state index in [1.165, 1.54) is 6.26 Å². The van der Waals surface area contributed by atoms with Crippen molar-refractivity contribution in [1.29, 1.82) is 0 Å². The Morgan fingerprint density at radius 3 is 2.56 bits per heavy atom. The summed E-state index contributed by atoms with van der Waals surface area (Å²) < 4.78 is 5.86. The summed E-state index contributed by atoms with van der Waals surface area (Å²) in [5.74, 6) is 0.265. The lowest BCUT2D eigenvalue weighted by atomic mass is 10.0. The second-order valence-electron chi connectivity index (χ2n) is 3.75. The van der Waals surface area contributed by atoms with Crippen LogP contribution in [0.4, 0.5) is 0 Å². The van der Waals surface area contributed by atoms with E-state index in [1.54, 1.807) is 6.07 Å². The maximum atomic E-state index is 12.1. The van der Waals surface area contributed by atoms with Gasteiger partial charge in [0.1, 0.15) is 0 Å². The summed E-state index contributed by atoms with van der Waals surface area (Å²) in [5.41, 5.74) is 2.79. The summed E-state index contributed by atoms with van der Waals surface area (Å²) in [6, 6.07) is 7.47. The lowest BCUT2D eigenvalue weighted by molar-refractivity contribution is 0.101. The maximum absolute atomic E-state index is 12.1. The van der Waals surface area contributed by atoms with Gasteiger partial charge in [-0.05, 0) is 41.4 Å². The van der Waals surface area contributed by atoms with Crippen LogP contribution in [-0.2, 0) is 0 Å². The van der Waals surface area contributed by atoms with E-state index in [2.05, 4.69) is 15.9 Å². The summed E-state index contributed by atoms with van der Waals surface area (Å²) in [4.78, 5) is 12.1. The molecule has 0 fully saturated rings. The van der Waals surface area contributed by atoms with Crippen molar-refractivity contribution in [2.45, 2.75) is 13.8 Å². The number of furan rings is 1. The highest BCUT2D eigenvalue weighted by Crippen LogP contribution is 2.22. The highest BCUT2D eigenvalue weighted by atomic mass is 79.9. The molecule has 82 valence electrons. The van der Waals surface area contributed by atoms with Gasteiger partial charge in [0.05, 0.1) is 10.7 Å². The monoisotopic (exact) mass is 278 g/mol. The normalized spacial score (nSPS) is 10.4. The Kier molecular flexibility index (Phi) is 2.97. The Bertz CT molecular complexity index is 541. The molecule has 0 N–H and O–H groups in total. The standard InChI is InChI=1S/C13H11BrO2/c1-8-3-4-10(9(2)7-8)12(15)13-11(14)5-6-16-13/h3-7H,1-2H3. The second kappa shape index (κ2) is 4.26. The van der Waals surface area contributed by atoms with Crippen molar-refractivity contribution in [1.82, 2.24) is 0 Å². The predicted molar refractivity (Wildman–Crippen MR) is 65.8 cm³/mol. The summed E-state index contributed by atoms with van der Waals surface area (Å²) in [5, 5.41) is 0.